The topological polar surface area (TPSA) is 46.6 Å². The lowest BCUT2D eigenvalue weighted by atomic mass is 10.0. The smallest absolute Gasteiger partial charge is 0.416 e. The van der Waals surface area contributed by atoms with Crippen molar-refractivity contribution in [2.75, 3.05) is 26.4 Å². The highest BCUT2D eigenvalue weighted by Gasteiger charge is 2.37. The van der Waals surface area contributed by atoms with Gasteiger partial charge in [0.1, 0.15) is 5.25 Å². The van der Waals surface area contributed by atoms with E-state index in [4.69, 9.17) is 0 Å². The standard InChI is InChI=1S/C17H20F6N2O2S/c1-24(15(26)25-5-3-14(4-6-25)28(2)27)10-11-7-12(16(18,19)20)9-13(8-11)17(21,22)23/h7-9,14H,3-6,10H2,1-2H3. The van der Waals surface area contributed by atoms with Gasteiger partial charge in [-0.15, -0.1) is 0 Å². The van der Waals surface area contributed by atoms with E-state index in [0.29, 0.717) is 38.1 Å². The molecule has 1 atom stereocenters. The Bertz CT molecular complexity index is 668. The number of amides is 2. The third-order valence-corrected chi connectivity index (χ3v) is 5.99. The SMILES string of the molecule is CN(Cc1cc(C(F)(F)F)cc(C(F)(F)F)c1)C(=O)N1CCC([S+](C)[O-])CC1. The molecule has 0 N–H and O–H groups in total. The molecule has 1 aromatic carbocycles. The van der Waals surface area contributed by atoms with E-state index < -0.39 is 47.2 Å². The van der Waals surface area contributed by atoms with Crippen LogP contribution in [0.2, 0.25) is 0 Å². The minimum atomic E-state index is -4.93. The summed E-state index contributed by atoms with van der Waals surface area (Å²) in [7, 11) is 1.32. The monoisotopic (exact) mass is 430 g/mol. The zero-order valence-corrected chi connectivity index (χ0v) is 16.0. The van der Waals surface area contributed by atoms with E-state index in [2.05, 4.69) is 0 Å². The van der Waals surface area contributed by atoms with E-state index in [9.17, 15) is 35.7 Å². The summed E-state index contributed by atoms with van der Waals surface area (Å²) in [6, 6.07) is 0.795. The van der Waals surface area contributed by atoms with Gasteiger partial charge in [0.15, 0.2) is 0 Å². The lowest BCUT2D eigenvalue weighted by Gasteiger charge is -2.34. The fourth-order valence-corrected chi connectivity index (χ4v) is 3.95. The van der Waals surface area contributed by atoms with Gasteiger partial charge in [0, 0.05) is 39.5 Å². The molecule has 11 heteroatoms. The molecular weight excluding hydrogens is 410 g/mol. The summed E-state index contributed by atoms with van der Waals surface area (Å²) in [5, 5.41) is -0.0211. The van der Waals surface area contributed by atoms with Crippen molar-refractivity contribution in [2.24, 2.45) is 0 Å². The van der Waals surface area contributed by atoms with Crippen molar-refractivity contribution in [3.63, 3.8) is 0 Å². The van der Waals surface area contributed by atoms with Crippen molar-refractivity contribution in [3.05, 3.63) is 34.9 Å². The third kappa shape index (κ3) is 5.69. The zero-order valence-electron chi connectivity index (χ0n) is 15.2. The van der Waals surface area contributed by atoms with Crippen LogP contribution in [0.5, 0.6) is 0 Å². The Balaban J connectivity index is 2.14. The quantitative estimate of drug-likeness (QED) is 0.535. The Morgan fingerprint density at radius 2 is 1.57 bits per heavy atom. The number of alkyl halides is 6. The summed E-state index contributed by atoms with van der Waals surface area (Å²) in [6.07, 6.45) is -7.22. The highest BCUT2D eigenvalue weighted by atomic mass is 32.2. The zero-order chi connectivity index (χ0) is 21.3. The van der Waals surface area contributed by atoms with Gasteiger partial charge >= 0.3 is 18.4 Å². The number of carbonyl (C=O) groups excluding carboxylic acids is 1. The van der Waals surface area contributed by atoms with Crippen molar-refractivity contribution >= 4 is 17.2 Å². The Hall–Kier alpha value is -1.62. The van der Waals surface area contributed by atoms with E-state index in [1.54, 1.807) is 6.26 Å². The van der Waals surface area contributed by atoms with Gasteiger partial charge in [-0.1, -0.05) is 11.2 Å². The first kappa shape index (κ1) is 22.7. The van der Waals surface area contributed by atoms with Crippen LogP contribution in [0.1, 0.15) is 29.5 Å². The second-order valence-electron chi connectivity index (χ2n) is 6.74. The maximum absolute atomic E-state index is 12.9. The van der Waals surface area contributed by atoms with Crippen molar-refractivity contribution in [2.45, 2.75) is 37.0 Å². The van der Waals surface area contributed by atoms with Gasteiger partial charge in [-0.3, -0.25) is 0 Å². The summed E-state index contributed by atoms with van der Waals surface area (Å²) >= 11 is -1.01. The molecule has 4 nitrogen and oxygen atoms in total. The fourth-order valence-electron chi connectivity index (χ4n) is 3.07. The van der Waals surface area contributed by atoms with Crippen molar-refractivity contribution < 1.29 is 35.7 Å². The molecule has 2 rings (SSSR count). The predicted octanol–water partition coefficient (Wildman–Crippen LogP) is 4.12. The van der Waals surface area contributed by atoms with E-state index in [0.717, 1.165) is 4.90 Å². The minimum absolute atomic E-state index is 0.0211. The van der Waals surface area contributed by atoms with Crippen LogP contribution in [-0.2, 0) is 30.1 Å². The molecule has 2 amide bonds. The van der Waals surface area contributed by atoms with Gasteiger partial charge in [-0.2, -0.15) is 26.3 Å². The predicted molar refractivity (Wildman–Crippen MR) is 92.0 cm³/mol. The maximum Gasteiger partial charge on any atom is 0.416 e. The van der Waals surface area contributed by atoms with Crippen LogP contribution < -0.4 is 0 Å². The first-order valence-electron chi connectivity index (χ1n) is 8.39. The fraction of sp³-hybridized carbons (Fsp3) is 0.588. The van der Waals surface area contributed by atoms with Crippen molar-refractivity contribution in [1.29, 1.82) is 0 Å². The van der Waals surface area contributed by atoms with Gasteiger partial charge < -0.3 is 14.4 Å². The number of carbonyl (C=O) groups is 1. The molecule has 0 saturated carbocycles. The third-order valence-electron chi connectivity index (χ3n) is 4.58. The van der Waals surface area contributed by atoms with Crippen LogP contribution in [0.3, 0.4) is 0 Å². The first-order valence-corrected chi connectivity index (χ1v) is 10.0. The van der Waals surface area contributed by atoms with E-state index in [1.165, 1.54) is 11.9 Å². The van der Waals surface area contributed by atoms with Crippen LogP contribution in [0.4, 0.5) is 31.1 Å². The summed E-state index contributed by atoms with van der Waals surface area (Å²) < 4.78 is 89.2. The lowest BCUT2D eigenvalue weighted by molar-refractivity contribution is -0.143. The Kier molecular flexibility index (Phi) is 6.80. The van der Waals surface area contributed by atoms with Crippen molar-refractivity contribution in [1.82, 2.24) is 9.80 Å². The van der Waals surface area contributed by atoms with Crippen LogP contribution >= 0.6 is 0 Å². The lowest BCUT2D eigenvalue weighted by Crippen LogP contribution is -2.47. The molecule has 0 aliphatic carbocycles. The molecule has 1 fully saturated rings. The Morgan fingerprint density at radius 1 is 1.11 bits per heavy atom. The van der Waals surface area contributed by atoms with E-state index >= 15 is 0 Å². The summed E-state index contributed by atoms with van der Waals surface area (Å²) in [5.74, 6) is 0. The molecule has 1 aromatic rings. The minimum Gasteiger partial charge on any atom is -0.616 e. The van der Waals surface area contributed by atoms with Gasteiger partial charge in [-0.25, -0.2) is 4.79 Å². The number of piperidine rings is 1. The summed E-state index contributed by atoms with van der Waals surface area (Å²) in [5.41, 5.74) is -3.09. The van der Waals surface area contributed by atoms with Gasteiger partial charge in [0.05, 0.1) is 17.4 Å². The number of hydrogen-bond donors (Lipinski definition) is 0. The molecular formula is C17H20F6N2O2S. The van der Waals surface area contributed by atoms with Crippen LogP contribution in [0.15, 0.2) is 18.2 Å². The molecule has 1 aliphatic rings. The molecule has 1 unspecified atom stereocenters. The average molecular weight is 430 g/mol. The molecule has 28 heavy (non-hydrogen) atoms. The molecule has 0 radical (unpaired) electrons. The molecule has 1 heterocycles. The second-order valence-corrected chi connectivity index (χ2v) is 8.40. The number of rotatable bonds is 3. The number of likely N-dealkylation sites (tertiary alicyclic amines) is 1. The van der Waals surface area contributed by atoms with Gasteiger partial charge in [0.25, 0.3) is 0 Å². The van der Waals surface area contributed by atoms with Crippen LogP contribution in [0, 0.1) is 0 Å². The number of hydrogen-bond acceptors (Lipinski definition) is 2. The van der Waals surface area contributed by atoms with Gasteiger partial charge in [-0.05, 0) is 23.8 Å². The normalized spacial score (nSPS) is 17.5. The molecule has 1 aliphatic heterocycles. The van der Waals surface area contributed by atoms with Crippen LogP contribution in [0.25, 0.3) is 0 Å². The molecule has 0 spiro atoms. The highest BCUT2D eigenvalue weighted by Crippen LogP contribution is 2.36. The number of nitrogens with zero attached hydrogens (tertiary/aromatic N) is 2. The highest BCUT2D eigenvalue weighted by molar-refractivity contribution is 7.91. The molecule has 0 bridgehead atoms. The number of halogens is 6. The summed E-state index contributed by atoms with van der Waals surface area (Å²) in [6.45, 7) is 0.277. The van der Waals surface area contributed by atoms with Crippen molar-refractivity contribution in [3.8, 4) is 0 Å². The van der Waals surface area contributed by atoms with Gasteiger partial charge in [0.2, 0.25) is 0 Å². The van der Waals surface area contributed by atoms with E-state index in [-0.39, 0.29) is 16.9 Å². The Morgan fingerprint density at radius 3 is 1.96 bits per heavy atom. The second kappa shape index (κ2) is 8.40. The van der Waals surface area contributed by atoms with Crippen LogP contribution in [-0.4, -0.2) is 52.0 Å². The first-order chi connectivity index (χ1) is 12.8. The van der Waals surface area contributed by atoms with E-state index in [1.807, 2.05) is 0 Å². The molecule has 158 valence electrons. The molecule has 1 saturated heterocycles. The summed E-state index contributed by atoms with van der Waals surface area (Å²) in [4.78, 5) is 15.0. The number of urea groups is 1. The Labute approximate surface area is 161 Å². The molecule has 0 aromatic heterocycles. The number of benzene rings is 1. The largest absolute Gasteiger partial charge is 0.616 e. The maximum atomic E-state index is 12.9. The average Bonchev–Trinajstić information content (AvgIpc) is 2.59.